The molecule has 0 bridgehead atoms. The molecule has 0 aromatic heterocycles. The van der Waals surface area contributed by atoms with E-state index >= 15 is 0 Å². The van der Waals surface area contributed by atoms with Crippen molar-refractivity contribution in [2.24, 2.45) is 0 Å². The van der Waals surface area contributed by atoms with Gasteiger partial charge in [-0.1, -0.05) is 35.3 Å². The highest BCUT2D eigenvalue weighted by Crippen LogP contribution is 2.31. The lowest BCUT2D eigenvalue weighted by Gasteiger charge is -2.16. The Morgan fingerprint density at radius 1 is 0.968 bits per heavy atom. The molecule has 0 aliphatic carbocycles. The normalized spacial score (nSPS) is 10.6. The van der Waals surface area contributed by atoms with Gasteiger partial charge in [0, 0.05) is 11.1 Å². The summed E-state index contributed by atoms with van der Waals surface area (Å²) in [4.78, 5) is 12.8. The van der Waals surface area contributed by atoms with Crippen LogP contribution in [0.1, 0.15) is 39.5 Å². The number of hydrogen-bond donors (Lipinski definition) is 1. The van der Waals surface area contributed by atoms with Crippen LogP contribution in [0.2, 0.25) is 10.0 Å². The minimum Gasteiger partial charge on any atom is -0.493 e. The second-order valence-corrected chi connectivity index (χ2v) is 8.09. The summed E-state index contributed by atoms with van der Waals surface area (Å²) >= 11 is 12.2. The number of rotatable bonds is 7. The summed E-state index contributed by atoms with van der Waals surface area (Å²) in [6.45, 7) is 8.84. The average Bonchev–Trinajstić information content (AvgIpc) is 2.73. The fraction of sp³-hybridized carbons (Fsp3) is 0.240. The summed E-state index contributed by atoms with van der Waals surface area (Å²) < 4.78 is 11.8. The Bertz CT molecular complexity index is 1110. The van der Waals surface area contributed by atoms with Crippen LogP contribution in [-0.4, -0.2) is 12.5 Å². The van der Waals surface area contributed by atoms with Crippen LogP contribution in [0.15, 0.2) is 48.5 Å². The largest absolute Gasteiger partial charge is 0.493 e. The van der Waals surface area contributed by atoms with Gasteiger partial charge in [0.15, 0.2) is 0 Å². The number of carbonyl (C=O) groups is 1. The predicted molar refractivity (Wildman–Crippen MR) is 127 cm³/mol. The molecule has 1 amide bonds. The van der Waals surface area contributed by atoms with Crippen LogP contribution in [0.5, 0.6) is 11.5 Å². The van der Waals surface area contributed by atoms with Crippen LogP contribution in [0.25, 0.3) is 0 Å². The van der Waals surface area contributed by atoms with Crippen molar-refractivity contribution in [1.29, 1.82) is 0 Å². The summed E-state index contributed by atoms with van der Waals surface area (Å²) in [7, 11) is 0. The number of halogens is 2. The zero-order valence-corrected chi connectivity index (χ0v) is 19.5. The number of ether oxygens (including phenoxy) is 2. The molecule has 0 unspecified atom stereocenters. The van der Waals surface area contributed by atoms with E-state index in [1.54, 1.807) is 36.4 Å². The van der Waals surface area contributed by atoms with Crippen molar-refractivity contribution in [3.63, 3.8) is 0 Å². The number of hydrogen-bond acceptors (Lipinski definition) is 3. The maximum absolute atomic E-state index is 12.8. The first kappa shape index (κ1) is 23.0. The van der Waals surface area contributed by atoms with E-state index in [-0.39, 0.29) is 12.5 Å². The van der Waals surface area contributed by atoms with Gasteiger partial charge in [0.1, 0.15) is 18.1 Å². The SMILES string of the molecule is CCOc1ccc(C(=O)Nc2cccc(Cl)c2Cl)cc1COc1cc(C)cc(C)c1C. The summed E-state index contributed by atoms with van der Waals surface area (Å²) in [6.07, 6.45) is 0. The Hall–Kier alpha value is -2.69. The van der Waals surface area contributed by atoms with E-state index in [4.69, 9.17) is 32.7 Å². The number of carbonyl (C=O) groups excluding carboxylic acids is 1. The van der Waals surface area contributed by atoms with E-state index in [2.05, 4.69) is 18.3 Å². The molecular weight excluding hydrogens is 433 g/mol. The molecule has 4 nitrogen and oxygen atoms in total. The van der Waals surface area contributed by atoms with E-state index in [0.29, 0.717) is 33.7 Å². The quantitative estimate of drug-likeness (QED) is 0.409. The first-order chi connectivity index (χ1) is 14.8. The van der Waals surface area contributed by atoms with Crippen molar-refractivity contribution in [3.8, 4) is 11.5 Å². The van der Waals surface area contributed by atoms with Crippen molar-refractivity contribution in [3.05, 3.63) is 86.4 Å². The molecule has 1 N–H and O–H groups in total. The van der Waals surface area contributed by atoms with Crippen molar-refractivity contribution < 1.29 is 14.3 Å². The molecule has 0 saturated heterocycles. The summed E-state index contributed by atoms with van der Waals surface area (Å²) in [6, 6.07) is 14.5. The van der Waals surface area contributed by atoms with Gasteiger partial charge in [0.25, 0.3) is 5.91 Å². The number of nitrogens with one attached hydrogen (secondary N) is 1. The maximum atomic E-state index is 12.8. The molecule has 6 heteroatoms. The molecule has 0 atom stereocenters. The summed E-state index contributed by atoms with van der Waals surface area (Å²) in [5.41, 5.74) is 5.10. The highest BCUT2D eigenvalue weighted by molar-refractivity contribution is 6.44. The molecule has 31 heavy (non-hydrogen) atoms. The minimum absolute atomic E-state index is 0.276. The van der Waals surface area contributed by atoms with Gasteiger partial charge in [0.05, 0.1) is 22.3 Å². The molecule has 0 aliphatic heterocycles. The molecule has 162 valence electrons. The van der Waals surface area contributed by atoms with Gasteiger partial charge in [0.2, 0.25) is 0 Å². The van der Waals surface area contributed by atoms with E-state index in [1.165, 1.54) is 5.56 Å². The highest BCUT2D eigenvalue weighted by Gasteiger charge is 2.14. The molecule has 0 aliphatic rings. The topological polar surface area (TPSA) is 47.6 Å². The molecule has 0 spiro atoms. The zero-order chi connectivity index (χ0) is 22.5. The molecule has 3 aromatic carbocycles. The number of anilines is 1. The van der Waals surface area contributed by atoms with Crippen LogP contribution >= 0.6 is 23.2 Å². The van der Waals surface area contributed by atoms with Gasteiger partial charge in [-0.05, 0) is 80.8 Å². The third-order valence-corrected chi connectivity index (χ3v) is 5.79. The standard InChI is InChI=1S/C25H25Cl2NO3/c1-5-30-22-10-9-18(25(29)28-21-8-6-7-20(26)24(21)27)13-19(22)14-31-23-12-15(2)11-16(3)17(23)4/h6-13H,5,14H2,1-4H3,(H,28,29). The number of amides is 1. The van der Waals surface area contributed by atoms with Crippen LogP contribution in [0, 0.1) is 20.8 Å². The van der Waals surface area contributed by atoms with Crippen LogP contribution in [-0.2, 0) is 6.61 Å². The molecule has 0 radical (unpaired) electrons. The third-order valence-electron chi connectivity index (χ3n) is 4.97. The average molecular weight is 458 g/mol. The maximum Gasteiger partial charge on any atom is 0.255 e. The molecule has 0 saturated carbocycles. The Kier molecular flexibility index (Phi) is 7.47. The Morgan fingerprint density at radius 3 is 2.48 bits per heavy atom. The number of aryl methyl sites for hydroxylation is 2. The van der Waals surface area contributed by atoms with E-state index in [9.17, 15) is 4.79 Å². The van der Waals surface area contributed by atoms with Crippen molar-refractivity contribution >= 4 is 34.8 Å². The minimum atomic E-state index is -0.295. The molecule has 3 aromatic rings. The van der Waals surface area contributed by atoms with Gasteiger partial charge in [-0.2, -0.15) is 0 Å². The fourth-order valence-corrected chi connectivity index (χ4v) is 3.58. The molecular formula is C25H25Cl2NO3. The van der Waals surface area contributed by atoms with Gasteiger partial charge in [-0.25, -0.2) is 0 Å². The first-order valence-corrected chi connectivity index (χ1v) is 10.8. The number of benzene rings is 3. The zero-order valence-electron chi connectivity index (χ0n) is 18.0. The summed E-state index contributed by atoms with van der Waals surface area (Å²) in [5.74, 6) is 1.21. The predicted octanol–water partition coefficient (Wildman–Crippen LogP) is 7.15. The van der Waals surface area contributed by atoms with Gasteiger partial charge >= 0.3 is 0 Å². The Balaban J connectivity index is 1.85. The first-order valence-electron chi connectivity index (χ1n) is 10.0. The van der Waals surface area contributed by atoms with E-state index in [1.807, 2.05) is 26.8 Å². The third kappa shape index (κ3) is 5.52. The van der Waals surface area contributed by atoms with E-state index < -0.39 is 0 Å². The summed E-state index contributed by atoms with van der Waals surface area (Å²) in [5, 5.41) is 3.49. The second kappa shape index (κ2) is 10.1. The van der Waals surface area contributed by atoms with Crippen LogP contribution in [0.4, 0.5) is 5.69 Å². The lowest BCUT2D eigenvalue weighted by Crippen LogP contribution is -2.13. The molecule has 3 rings (SSSR count). The lowest BCUT2D eigenvalue weighted by molar-refractivity contribution is 0.102. The van der Waals surface area contributed by atoms with Gasteiger partial charge < -0.3 is 14.8 Å². The van der Waals surface area contributed by atoms with Crippen molar-refractivity contribution in [1.82, 2.24) is 0 Å². The van der Waals surface area contributed by atoms with Gasteiger partial charge in [-0.15, -0.1) is 0 Å². The highest BCUT2D eigenvalue weighted by atomic mass is 35.5. The van der Waals surface area contributed by atoms with Gasteiger partial charge in [-0.3, -0.25) is 4.79 Å². The smallest absolute Gasteiger partial charge is 0.255 e. The Labute approximate surface area is 193 Å². The van der Waals surface area contributed by atoms with Crippen molar-refractivity contribution in [2.45, 2.75) is 34.3 Å². The molecule has 0 heterocycles. The van der Waals surface area contributed by atoms with Crippen LogP contribution in [0.3, 0.4) is 0 Å². The second-order valence-electron chi connectivity index (χ2n) is 7.30. The fourth-order valence-electron chi connectivity index (χ4n) is 3.23. The van der Waals surface area contributed by atoms with Crippen LogP contribution < -0.4 is 14.8 Å². The van der Waals surface area contributed by atoms with E-state index in [0.717, 1.165) is 22.4 Å². The van der Waals surface area contributed by atoms with Crippen molar-refractivity contribution in [2.75, 3.05) is 11.9 Å². The monoisotopic (exact) mass is 457 g/mol. The lowest BCUT2D eigenvalue weighted by atomic mass is 10.1. The Morgan fingerprint density at radius 2 is 1.74 bits per heavy atom. The molecule has 0 fully saturated rings.